The van der Waals surface area contributed by atoms with Crippen LogP contribution >= 0.6 is 0 Å². The van der Waals surface area contributed by atoms with Crippen LogP contribution in [-0.4, -0.2) is 14.5 Å². The van der Waals surface area contributed by atoms with Crippen LogP contribution in [0.5, 0.6) is 0 Å². The van der Waals surface area contributed by atoms with Crippen LogP contribution in [0.2, 0.25) is 0 Å². The average molecular weight is 253 g/mol. The third-order valence-corrected chi connectivity index (χ3v) is 4.98. The van der Waals surface area contributed by atoms with E-state index in [-0.39, 0.29) is 6.04 Å². The van der Waals surface area contributed by atoms with Gasteiger partial charge in [0.15, 0.2) is 0 Å². The molecular formula is C13H19NO2S. The summed E-state index contributed by atoms with van der Waals surface area (Å²) in [6.07, 6.45) is 4.18. The van der Waals surface area contributed by atoms with Gasteiger partial charge < -0.3 is 0 Å². The molecule has 1 aliphatic carbocycles. The Labute approximate surface area is 103 Å². The van der Waals surface area contributed by atoms with E-state index in [1.807, 2.05) is 26.0 Å². The summed E-state index contributed by atoms with van der Waals surface area (Å²) in [5.41, 5.74) is 1.90. The van der Waals surface area contributed by atoms with E-state index < -0.39 is 10.0 Å². The SMILES string of the molecule is Cc1ccc(S(=O)(=O)NC2CCCC2)c(C)c1. The van der Waals surface area contributed by atoms with Crippen LogP contribution in [0.4, 0.5) is 0 Å². The molecule has 1 saturated carbocycles. The molecule has 4 heteroatoms. The molecule has 0 spiro atoms. The summed E-state index contributed by atoms with van der Waals surface area (Å²) in [6.45, 7) is 3.81. The van der Waals surface area contributed by atoms with Gasteiger partial charge in [0.25, 0.3) is 0 Å². The van der Waals surface area contributed by atoms with Gasteiger partial charge in [0.2, 0.25) is 10.0 Å². The van der Waals surface area contributed by atoms with Gasteiger partial charge in [-0.25, -0.2) is 13.1 Å². The number of aryl methyl sites for hydroxylation is 2. The predicted octanol–water partition coefficient (Wildman–Crippen LogP) is 2.52. The molecule has 0 amide bonds. The van der Waals surface area contributed by atoms with E-state index in [0.29, 0.717) is 4.90 Å². The molecule has 1 fully saturated rings. The van der Waals surface area contributed by atoms with E-state index in [4.69, 9.17) is 0 Å². The minimum Gasteiger partial charge on any atom is -0.208 e. The van der Waals surface area contributed by atoms with Gasteiger partial charge in [-0.2, -0.15) is 0 Å². The first-order chi connectivity index (χ1) is 7.99. The average Bonchev–Trinajstić information content (AvgIpc) is 2.68. The second kappa shape index (κ2) is 4.78. The molecule has 17 heavy (non-hydrogen) atoms. The van der Waals surface area contributed by atoms with Gasteiger partial charge in [-0.15, -0.1) is 0 Å². The lowest BCUT2D eigenvalue weighted by atomic mass is 10.2. The van der Waals surface area contributed by atoms with Gasteiger partial charge in [0, 0.05) is 6.04 Å². The zero-order chi connectivity index (χ0) is 12.5. The number of benzene rings is 1. The lowest BCUT2D eigenvalue weighted by Gasteiger charge is -2.14. The van der Waals surface area contributed by atoms with Crippen LogP contribution in [0, 0.1) is 13.8 Å². The van der Waals surface area contributed by atoms with Crippen molar-refractivity contribution in [3.8, 4) is 0 Å². The second-order valence-electron chi connectivity index (χ2n) is 4.87. The van der Waals surface area contributed by atoms with Crippen molar-refractivity contribution in [2.24, 2.45) is 0 Å². The number of hydrogen-bond donors (Lipinski definition) is 1. The van der Waals surface area contributed by atoms with Gasteiger partial charge >= 0.3 is 0 Å². The fraction of sp³-hybridized carbons (Fsp3) is 0.538. The fourth-order valence-corrected chi connectivity index (χ4v) is 3.96. The first-order valence-corrected chi connectivity index (χ1v) is 7.57. The largest absolute Gasteiger partial charge is 0.241 e. The normalized spacial score (nSPS) is 17.5. The number of rotatable bonds is 3. The maximum absolute atomic E-state index is 12.2. The Morgan fingerprint density at radius 3 is 2.41 bits per heavy atom. The monoisotopic (exact) mass is 253 g/mol. The van der Waals surface area contributed by atoms with Gasteiger partial charge in [-0.1, -0.05) is 30.5 Å². The zero-order valence-corrected chi connectivity index (χ0v) is 11.2. The van der Waals surface area contributed by atoms with Crippen molar-refractivity contribution in [1.29, 1.82) is 0 Å². The highest BCUT2D eigenvalue weighted by Gasteiger charge is 2.23. The predicted molar refractivity (Wildman–Crippen MR) is 68.5 cm³/mol. The molecule has 0 bridgehead atoms. The van der Waals surface area contributed by atoms with E-state index in [2.05, 4.69) is 4.72 Å². The molecule has 1 N–H and O–H groups in total. The van der Waals surface area contributed by atoms with Crippen LogP contribution in [0.1, 0.15) is 36.8 Å². The van der Waals surface area contributed by atoms with Gasteiger partial charge in [0.05, 0.1) is 4.90 Å². The van der Waals surface area contributed by atoms with Crippen molar-refractivity contribution in [2.45, 2.75) is 50.5 Å². The molecule has 0 saturated heterocycles. The third-order valence-electron chi connectivity index (χ3n) is 3.30. The zero-order valence-electron chi connectivity index (χ0n) is 10.4. The minimum atomic E-state index is -3.34. The number of hydrogen-bond acceptors (Lipinski definition) is 2. The van der Waals surface area contributed by atoms with Gasteiger partial charge in [0.1, 0.15) is 0 Å². The van der Waals surface area contributed by atoms with Gasteiger partial charge in [-0.3, -0.25) is 0 Å². The highest BCUT2D eigenvalue weighted by molar-refractivity contribution is 7.89. The Kier molecular flexibility index (Phi) is 3.54. The summed E-state index contributed by atoms with van der Waals surface area (Å²) in [5.74, 6) is 0. The molecule has 1 aromatic carbocycles. The van der Waals surface area contributed by atoms with E-state index in [0.717, 1.165) is 36.8 Å². The van der Waals surface area contributed by atoms with E-state index in [1.54, 1.807) is 6.07 Å². The third kappa shape index (κ3) is 2.87. The van der Waals surface area contributed by atoms with Crippen molar-refractivity contribution < 1.29 is 8.42 Å². The lowest BCUT2D eigenvalue weighted by molar-refractivity contribution is 0.551. The van der Waals surface area contributed by atoms with Crippen molar-refractivity contribution >= 4 is 10.0 Å². The highest BCUT2D eigenvalue weighted by Crippen LogP contribution is 2.22. The smallest absolute Gasteiger partial charge is 0.208 e. The van der Waals surface area contributed by atoms with E-state index >= 15 is 0 Å². The van der Waals surface area contributed by atoms with Crippen LogP contribution in [0.3, 0.4) is 0 Å². The Morgan fingerprint density at radius 2 is 1.82 bits per heavy atom. The maximum atomic E-state index is 12.2. The Balaban J connectivity index is 2.24. The van der Waals surface area contributed by atoms with Crippen LogP contribution in [0.15, 0.2) is 23.1 Å². The molecule has 1 aromatic rings. The summed E-state index contributed by atoms with van der Waals surface area (Å²) < 4.78 is 27.2. The lowest BCUT2D eigenvalue weighted by Crippen LogP contribution is -2.33. The van der Waals surface area contributed by atoms with E-state index in [9.17, 15) is 8.42 Å². The molecule has 94 valence electrons. The van der Waals surface area contributed by atoms with E-state index in [1.165, 1.54) is 0 Å². The topological polar surface area (TPSA) is 46.2 Å². The summed E-state index contributed by atoms with van der Waals surface area (Å²) >= 11 is 0. The molecule has 1 aliphatic rings. The van der Waals surface area contributed by atoms with Crippen molar-refractivity contribution in [1.82, 2.24) is 4.72 Å². The fourth-order valence-electron chi connectivity index (χ4n) is 2.43. The summed E-state index contributed by atoms with van der Waals surface area (Å²) in [4.78, 5) is 0.412. The highest BCUT2D eigenvalue weighted by atomic mass is 32.2. The summed E-state index contributed by atoms with van der Waals surface area (Å²) in [6, 6.07) is 5.57. The molecule has 0 heterocycles. The quantitative estimate of drug-likeness (QED) is 0.899. The first kappa shape index (κ1) is 12.6. The Hall–Kier alpha value is -0.870. The summed E-state index contributed by atoms with van der Waals surface area (Å²) in [5, 5.41) is 0. The first-order valence-electron chi connectivity index (χ1n) is 6.08. The molecular weight excluding hydrogens is 234 g/mol. The second-order valence-corrected chi connectivity index (χ2v) is 6.55. The molecule has 0 radical (unpaired) electrons. The number of nitrogens with one attached hydrogen (secondary N) is 1. The Morgan fingerprint density at radius 1 is 1.18 bits per heavy atom. The molecule has 0 aromatic heterocycles. The molecule has 0 atom stereocenters. The molecule has 3 nitrogen and oxygen atoms in total. The van der Waals surface area contributed by atoms with Crippen molar-refractivity contribution in [3.63, 3.8) is 0 Å². The Bertz CT molecular complexity index is 502. The van der Waals surface area contributed by atoms with Crippen molar-refractivity contribution in [3.05, 3.63) is 29.3 Å². The summed E-state index contributed by atoms with van der Waals surface area (Å²) in [7, 11) is -3.34. The van der Waals surface area contributed by atoms with Gasteiger partial charge in [-0.05, 0) is 38.3 Å². The molecule has 0 aliphatic heterocycles. The molecule has 0 unspecified atom stereocenters. The minimum absolute atomic E-state index is 0.126. The van der Waals surface area contributed by atoms with Crippen LogP contribution in [-0.2, 0) is 10.0 Å². The van der Waals surface area contributed by atoms with Crippen LogP contribution in [0.25, 0.3) is 0 Å². The van der Waals surface area contributed by atoms with Crippen molar-refractivity contribution in [2.75, 3.05) is 0 Å². The molecule has 2 rings (SSSR count). The number of sulfonamides is 1. The standard InChI is InChI=1S/C13H19NO2S/c1-10-7-8-13(11(2)9-10)17(15,16)14-12-5-3-4-6-12/h7-9,12,14H,3-6H2,1-2H3. The maximum Gasteiger partial charge on any atom is 0.241 e. The van der Waals surface area contributed by atoms with Crippen LogP contribution < -0.4 is 4.72 Å².